The quantitative estimate of drug-likeness (QED) is 0.543. The average molecular weight is 441 g/mol. The normalized spacial score (nSPS) is 19.0. The lowest BCUT2D eigenvalue weighted by molar-refractivity contribution is -0.133. The maximum atomic E-state index is 12.0. The van der Waals surface area contributed by atoms with Crippen LogP contribution in [0.3, 0.4) is 0 Å². The fraction of sp³-hybridized carbons (Fsp3) is 0.375. The first-order valence-corrected chi connectivity index (χ1v) is 12.5. The Morgan fingerprint density at radius 1 is 1.10 bits per heavy atom. The van der Waals surface area contributed by atoms with Gasteiger partial charge in [-0.25, -0.2) is 4.79 Å². The molecule has 1 aromatic carbocycles. The van der Waals surface area contributed by atoms with Crippen molar-refractivity contribution in [1.82, 2.24) is 9.80 Å². The van der Waals surface area contributed by atoms with E-state index < -0.39 is 5.97 Å². The molecule has 30 heavy (non-hydrogen) atoms. The molecule has 4 rings (SSSR count). The maximum Gasteiger partial charge on any atom is 0.334 e. The lowest BCUT2D eigenvalue weighted by atomic mass is 10.1. The van der Waals surface area contributed by atoms with Crippen molar-refractivity contribution in [2.45, 2.75) is 37.6 Å². The molecule has 4 nitrogen and oxygen atoms in total. The summed E-state index contributed by atoms with van der Waals surface area (Å²) >= 11 is 3.49. The van der Waals surface area contributed by atoms with Crippen molar-refractivity contribution in [3.63, 3.8) is 0 Å². The Balaban J connectivity index is 1.50. The number of aliphatic carboxylic acids is 1. The zero-order valence-electron chi connectivity index (χ0n) is 17.1. The Morgan fingerprint density at radius 2 is 1.90 bits per heavy atom. The smallest absolute Gasteiger partial charge is 0.334 e. The van der Waals surface area contributed by atoms with E-state index in [1.165, 1.54) is 29.1 Å². The van der Waals surface area contributed by atoms with Gasteiger partial charge in [0, 0.05) is 18.0 Å². The minimum Gasteiger partial charge on any atom is -0.478 e. The van der Waals surface area contributed by atoms with E-state index in [0.29, 0.717) is 5.57 Å². The number of hydrogen-bond donors (Lipinski definition) is 1. The highest BCUT2D eigenvalue weighted by atomic mass is 32.2. The number of hydrogen-bond acceptors (Lipinski definition) is 5. The predicted octanol–water partition coefficient (Wildman–Crippen LogP) is 5.20. The summed E-state index contributed by atoms with van der Waals surface area (Å²) in [7, 11) is 0. The SMILES string of the molecule is O=C(O)C1=CC=C(N2CCCC2)N(Cc2cccs2)C1SCCCc1ccccc1. The molecular weight excluding hydrogens is 412 g/mol. The Bertz CT molecular complexity index is 887. The van der Waals surface area contributed by atoms with Crippen LogP contribution >= 0.6 is 23.1 Å². The molecule has 1 fully saturated rings. The van der Waals surface area contributed by atoms with Crippen molar-refractivity contribution in [2.75, 3.05) is 18.8 Å². The van der Waals surface area contributed by atoms with E-state index in [-0.39, 0.29) is 5.37 Å². The van der Waals surface area contributed by atoms with Crippen molar-refractivity contribution in [1.29, 1.82) is 0 Å². The molecule has 6 heteroatoms. The Morgan fingerprint density at radius 3 is 2.60 bits per heavy atom. The van der Waals surface area contributed by atoms with Gasteiger partial charge in [-0.3, -0.25) is 0 Å². The first-order valence-electron chi connectivity index (χ1n) is 10.6. The molecule has 1 N–H and O–H groups in total. The molecule has 0 bridgehead atoms. The number of likely N-dealkylation sites (tertiary alicyclic amines) is 1. The van der Waals surface area contributed by atoms with Crippen molar-refractivity contribution in [2.24, 2.45) is 0 Å². The summed E-state index contributed by atoms with van der Waals surface area (Å²) in [6.45, 7) is 2.85. The molecule has 158 valence electrons. The third-order valence-corrected chi connectivity index (χ3v) is 7.78. The summed E-state index contributed by atoms with van der Waals surface area (Å²) in [6.07, 6.45) is 8.31. The molecule has 0 amide bonds. The van der Waals surface area contributed by atoms with Gasteiger partial charge in [-0.2, -0.15) is 0 Å². The minimum atomic E-state index is -0.816. The Hall–Kier alpha value is -2.18. The van der Waals surface area contributed by atoms with Crippen molar-refractivity contribution >= 4 is 29.1 Å². The van der Waals surface area contributed by atoms with E-state index in [1.807, 2.05) is 18.2 Å². The summed E-state index contributed by atoms with van der Waals surface area (Å²) in [4.78, 5) is 18.0. The maximum absolute atomic E-state index is 12.0. The Kier molecular flexibility index (Phi) is 7.18. The lowest BCUT2D eigenvalue weighted by Gasteiger charge is -2.41. The molecule has 1 aromatic heterocycles. The van der Waals surface area contributed by atoms with Crippen LogP contribution in [0.4, 0.5) is 0 Å². The number of allylic oxidation sites excluding steroid dienone is 2. The summed E-state index contributed by atoms with van der Waals surface area (Å²) in [5.41, 5.74) is 1.82. The van der Waals surface area contributed by atoms with E-state index >= 15 is 0 Å². The molecule has 1 saturated heterocycles. The van der Waals surface area contributed by atoms with Crippen LogP contribution in [0.1, 0.15) is 29.7 Å². The molecule has 2 aromatic rings. The summed E-state index contributed by atoms with van der Waals surface area (Å²) in [5.74, 6) is 1.29. The van der Waals surface area contributed by atoms with Gasteiger partial charge in [0.2, 0.25) is 0 Å². The van der Waals surface area contributed by atoms with Crippen LogP contribution in [-0.2, 0) is 17.8 Å². The first kappa shape index (κ1) is 21.1. The fourth-order valence-corrected chi connectivity index (χ4v) is 6.03. The van der Waals surface area contributed by atoms with Gasteiger partial charge in [-0.15, -0.1) is 23.1 Å². The van der Waals surface area contributed by atoms with Crippen LogP contribution in [0.25, 0.3) is 0 Å². The largest absolute Gasteiger partial charge is 0.478 e. The molecule has 0 spiro atoms. The number of nitrogens with zero attached hydrogens (tertiary/aromatic N) is 2. The van der Waals surface area contributed by atoms with E-state index in [2.05, 4.69) is 51.6 Å². The van der Waals surface area contributed by atoms with E-state index in [9.17, 15) is 9.90 Å². The zero-order valence-corrected chi connectivity index (χ0v) is 18.7. The average Bonchev–Trinajstić information content (AvgIpc) is 3.47. The van der Waals surface area contributed by atoms with Crippen LogP contribution in [0.5, 0.6) is 0 Å². The van der Waals surface area contributed by atoms with E-state index in [1.54, 1.807) is 23.1 Å². The highest BCUT2D eigenvalue weighted by Crippen LogP contribution is 2.35. The van der Waals surface area contributed by atoms with Gasteiger partial charge in [0.15, 0.2) is 0 Å². The number of rotatable bonds is 9. The number of thiophene rings is 1. The topological polar surface area (TPSA) is 43.8 Å². The molecule has 0 aliphatic carbocycles. The monoisotopic (exact) mass is 440 g/mol. The van der Waals surface area contributed by atoms with Gasteiger partial charge in [0.05, 0.1) is 12.1 Å². The van der Waals surface area contributed by atoms with Gasteiger partial charge in [0.25, 0.3) is 0 Å². The van der Waals surface area contributed by atoms with Gasteiger partial charge < -0.3 is 14.9 Å². The second-order valence-electron chi connectivity index (χ2n) is 7.67. The first-order chi connectivity index (χ1) is 14.7. The third-order valence-electron chi connectivity index (χ3n) is 5.57. The minimum absolute atomic E-state index is 0.166. The van der Waals surface area contributed by atoms with Crippen LogP contribution in [-0.4, -0.2) is 45.1 Å². The van der Waals surface area contributed by atoms with Crippen molar-refractivity contribution in [3.8, 4) is 0 Å². The van der Waals surface area contributed by atoms with Crippen LogP contribution < -0.4 is 0 Å². The molecule has 2 aliphatic heterocycles. The fourth-order valence-electron chi connectivity index (χ4n) is 4.07. The number of carboxylic acids is 1. The Labute approximate surface area is 186 Å². The predicted molar refractivity (Wildman–Crippen MR) is 125 cm³/mol. The van der Waals surface area contributed by atoms with Crippen LogP contribution in [0.2, 0.25) is 0 Å². The van der Waals surface area contributed by atoms with Gasteiger partial charge in [-0.1, -0.05) is 36.4 Å². The van der Waals surface area contributed by atoms with Crippen LogP contribution in [0, 0.1) is 0 Å². The third kappa shape index (κ3) is 5.10. The molecule has 1 atom stereocenters. The van der Waals surface area contributed by atoms with Crippen LogP contribution in [0.15, 0.2) is 71.4 Å². The highest BCUT2D eigenvalue weighted by Gasteiger charge is 2.34. The molecule has 0 radical (unpaired) electrons. The number of benzene rings is 1. The highest BCUT2D eigenvalue weighted by molar-refractivity contribution is 8.00. The molecule has 0 saturated carbocycles. The van der Waals surface area contributed by atoms with Crippen molar-refractivity contribution < 1.29 is 9.90 Å². The number of carbonyl (C=O) groups is 1. The van der Waals surface area contributed by atoms with Gasteiger partial charge >= 0.3 is 5.97 Å². The summed E-state index contributed by atoms with van der Waals surface area (Å²) < 4.78 is 0. The van der Waals surface area contributed by atoms with Gasteiger partial charge in [-0.05, 0) is 60.6 Å². The second-order valence-corrected chi connectivity index (χ2v) is 9.89. The molecular formula is C24H28N2O2S2. The second kappa shape index (κ2) is 10.2. The molecule has 3 heterocycles. The van der Waals surface area contributed by atoms with Crippen molar-refractivity contribution in [3.05, 3.63) is 81.8 Å². The lowest BCUT2D eigenvalue weighted by Crippen LogP contribution is -2.43. The van der Waals surface area contributed by atoms with E-state index in [0.717, 1.165) is 38.2 Å². The number of aryl methyl sites for hydroxylation is 1. The zero-order chi connectivity index (χ0) is 20.8. The molecule has 1 unspecified atom stereocenters. The summed E-state index contributed by atoms with van der Waals surface area (Å²) in [6, 6.07) is 14.7. The van der Waals surface area contributed by atoms with E-state index in [4.69, 9.17) is 0 Å². The molecule has 2 aliphatic rings. The number of thioether (sulfide) groups is 1. The summed E-state index contributed by atoms with van der Waals surface area (Å²) in [5, 5.41) is 11.8. The number of carboxylic acid groups (broad SMARTS) is 1. The van der Waals surface area contributed by atoms with Gasteiger partial charge in [0.1, 0.15) is 11.2 Å². The standard InChI is InChI=1S/C24H28N2O2S2/c27-24(28)21-12-13-22(25-14-4-5-15-25)26(18-20-11-7-16-29-20)23(21)30-17-6-10-19-8-2-1-3-9-19/h1-3,7-9,11-13,16,23H,4-6,10,14-15,17-18H2,(H,27,28).